The van der Waals surface area contributed by atoms with E-state index in [-0.39, 0.29) is 18.0 Å². The number of furan rings is 1. The van der Waals surface area contributed by atoms with E-state index >= 15 is 0 Å². The number of thiazole rings is 1. The Morgan fingerprint density at radius 3 is 2.78 bits per heavy atom. The molecule has 0 N–H and O–H groups in total. The number of aromatic nitrogens is 1. The summed E-state index contributed by atoms with van der Waals surface area (Å²) in [5.41, 5.74) is 2.30. The third-order valence-electron chi connectivity index (χ3n) is 4.31. The highest BCUT2D eigenvalue weighted by molar-refractivity contribution is 7.22. The van der Waals surface area contributed by atoms with E-state index < -0.39 is 5.82 Å². The number of aryl methyl sites for hydroxylation is 1. The summed E-state index contributed by atoms with van der Waals surface area (Å²) in [6, 6.07) is 15.3. The predicted molar refractivity (Wildman–Crippen MR) is 105 cm³/mol. The van der Waals surface area contributed by atoms with Crippen LogP contribution in [0.15, 0.2) is 65.3 Å². The molecule has 0 fully saturated rings. The molecular weight excluding hydrogens is 363 g/mol. The van der Waals surface area contributed by atoms with Gasteiger partial charge in [0.15, 0.2) is 5.13 Å². The Kier molecular flexibility index (Phi) is 4.73. The number of rotatable bonds is 5. The van der Waals surface area contributed by atoms with Gasteiger partial charge in [0.2, 0.25) is 0 Å². The summed E-state index contributed by atoms with van der Waals surface area (Å²) in [6.07, 6.45) is 2.42. The molecule has 4 nitrogen and oxygen atoms in total. The molecule has 0 saturated carbocycles. The lowest BCUT2D eigenvalue weighted by Crippen LogP contribution is -2.30. The standard InChI is InChI=1S/C21H17FN2O2S/c1-2-14-6-4-10-18-19(14)23-21(27-18)24(13-17-9-5-11-26-17)20(25)15-7-3-8-16(22)12-15/h3-12H,2,13H2,1H3. The maximum atomic E-state index is 13.6. The van der Waals surface area contributed by atoms with Crippen LogP contribution in [0.3, 0.4) is 0 Å². The zero-order valence-electron chi connectivity index (χ0n) is 14.7. The van der Waals surface area contributed by atoms with E-state index in [0.717, 1.165) is 22.2 Å². The van der Waals surface area contributed by atoms with Crippen LogP contribution >= 0.6 is 11.3 Å². The molecule has 0 radical (unpaired) electrons. The van der Waals surface area contributed by atoms with Gasteiger partial charge in [0, 0.05) is 5.56 Å². The van der Waals surface area contributed by atoms with Crippen LogP contribution in [-0.2, 0) is 13.0 Å². The fourth-order valence-corrected chi connectivity index (χ4v) is 3.97. The Morgan fingerprint density at radius 2 is 2.04 bits per heavy atom. The minimum Gasteiger partial charge on any atom is -0.467 e. The maximum Gasteiger partial charge on any atom is 0.260 e. The smallest absolute Gasteiger partial charge is 0.260 e. The maximum absolute atomic E-state index is 13.6. The number of anilines is 1. The molecule has 2 aromatic carbocycles. The number of nitrogens with zero attached hydrogens (tertiary/aromatic N) is 2. The summed E-state index contributed by atoms with van der Waals surface area (Å²) in [4.78, 5) is 19.4. The SMILES string of the molecule is CCc1cccc2sc(N(Cc3ccco3)C(=O)c3cccc(F)c3)nc12. The molecule has 0 aliphatic carbocycles. The zero-order chi connectivity index (χ0) is 18.8. The molecule has 0 atom stereocenters. The van der Waals surface area contributed by atoms with Crippen LogP contribution in [0.4, 0.5) is 9.52 Å². The molecule has 0 unspecified atom stereocenters. The topological polar surface area (TPSA) is 46.3 Å². The highest BCUT2D eigenvalue weighted by atomic mass is 32.1. The number of carbonyl (C=O) groups excluding carboxylic acids is 1. The molecule has 0 aliphatic rings. The second-order valence-corrected chi connectivity index (χ2v) is 7.10. The molecule has 4 rings (SSSR count). The van der Waals surface area contributed by atoms with Crippen LogP contribution in [-0.4, -0.2) is 10.9 Å². The molecule has 0 aliphatic heterocycles. The first-order valence-corrected chi connectivity index (χ1v) is 9.45. The quantitative estimate of drug-likeness (QED) is 0.463. The minimum absolute atomic E-state index is 0.226. The lowest BCUT2D eigenvalue weighted by molar-refractivity contribution is 0.0983. The largest absolute Gasteiger partial charge is 0.467 e. The highest BCUT2D eigenvalue weighted by Crippen LogP contribution is 2.32. The summed E-state index contributed by atoms with van der Waals surface area (Å²) in [7, 11) is 0. The number of amides is 1. The van der Waals surface area contributed by atoms with Crippen molar-refractivity contribution in [3.05, 3.63) is 83.6 Å². The minimum atomic E-state index is -0.448. The lowest BCUT2D eigenvalue weighted by atomic mass is 10.1. The number of carbonyl (C=O) groups is 1. The molecule has 136 valence electrons. The van der Waals surface area contributed by atoms with Crippen molar-refractivity contribution in [1.29, 1.82) is 0 Å². The molecule has 0 saturated heterocycles. The molecule has 0 spiro atoms. The van der Waals surface area contributed by atoms with Crippen LogP contribution in [0.2, 0.25) is 0 Å². The number of hydrogen-bond acceptors (Lipinski definition) is 4. The Balaban J connectivity index is 1.79. The van der Waals surface area contributed by atoms with Gasteiger partial charge < -0.3 is 4.42 Å². The van der Waals surface area contributed by atoms with Gasteiger partial charge in [-0.15, -0.1) is 0 Å². The van der Waals surface area contributed by atoms with E-state index in [2.05, 4.69) is 6.92 Å². The van der Waals surface area contributed by atoms with E-state index in [4.69, 9.17) is 9.40 Å². The highest BCUT2D eigenvalue weighted by Gasteiger charge is 2.23. The monoisotopic (exact) mass is 380 g/mol. The van der Waals surface area contributed by atoms with Crippen molar-refractivity contribution in [2.24, 2.45) is 0 Å². The predicted octanol–water partition coefficient (Wildman–Crippen LogP) is 5.44. The van der Waals surface area contributed by atoms with Crippen LogP contribution in [0.1, 0.15) is 28.6 Å². The number of para-hydroxylation sites is 1. The first-order chi connectivity index (χ1) is 13.2. The van der Waals surface area contributed by atoms with Crippen LogP contribution < -0.4 is 4.90 Å². The molecule has 6 heteroatoms. The van der Waals surface area contributed by atoms with Crippen molar-refractivity contribution in [1.82, 2.24) is 4.98 Å². The Hall–Kier alpha value is -2.99. The summed E-state index contributed by atoms with van der Waals surface area (Å²) >= 11 is 1.44. The molecule has 1 amide bonds. The van der Waals surface area contributed by atoms with Crippen molar-refractivity contribution in [2.75, 3.05) is 4.90 Å². The Bertz CT molecular complexity index is 1090. The van der Waals surface area contributed by atoms with Crippen molar-refractivity contribution >= 4 is 32.6 Å². The van der Waals surface area contributed by atoms with E-state index in [1.807, 2.05) is 18.2 Å². The van der Waals surface area contributed by atoms with Gasteiger partial charge in [-0.25, -0.2) is 9.37 Å². The molecular formula is C21H17FN2O2S. The van der Waals surface area contributed by atoms with Crippen LogP contribution in [0.5, 0.6) is 0 Å². The zero-order valence-corrected chi connectivity index (χ0v) is 15.5. The first-order valence-electron chi connectivity index (χ1n) is 8.64. The van der Waals surface area contributed by atoms with Crippen molar-refractivity contribution in [3.63, 3.8) is 0 Å². The van der Waals surface area contributed by atoms with Gasteiger partial charge in [-0.3, -0.25) is 9.69 Å². The van der Waals surface area contributed by atoms with Gasteiger partial charge in [0.1, 0.15) is 11.6 Å². The fourth-order valence-electron chi connectivity index (χ4n) is 2.96. The van der Waals surface area contributed by atoms with Crippen LogP contribution in [0.25, 0.3) is 10.2 Å². The molecule has 2 aromatic heterocycles. The van der Waals surface area contributed by atoms with Crippen molar-refractivity contribution in [3.8, 4) is 0 Å². The van der Waals surface area contributed by atoms with Crippen molar-refractivity contribution < 1.29 is 13.6 Å². The van der Waals surface area contributed by atoms with E-state index in [1.165, 1.54) is 34.4 Å². The number of hydrogen-bond donors (Lipinski definition) is 0. The normalized spacial score (nSPS) is 11.0. The third kappa shape index (κ3) is 3.48. The molecule has 2 heterocycles. The fraction of sp³-hybridized carbons (Fsp3) is 0.143. The van der Waals surface area contributed by atoms with E-state index in [9.17, 15) is 9.18 Å². The van der Waals surface area contributed by atoms with Gasteiger partial charge in [-0.2, -0.15) is 0 Å². The summed E-state index contributed by atoms with van der Waals surface area (Å²) in [6.45, 7) is 2.30. The van der Waals surface area contributed by atoms with Crippen molar-refractivity contribution in [2.45, 2.75) is 19.9 Å². The Labute approximate surface area is 159 Å². The molecule has 27 heavy (non-hydrogen) atoms. The summed E-state index contributed by atoms with van der Waals surface area (Å²) in [5, 5.41) is 0.566. The average Bonchev–Trinajstić information content (AvgIpc) is 3.34. The Morgan fingerprint density at radius 1 is 1.19 bits per heavy atom. The van der Waals surface area contributed by atoms with Gasteiger partial charge in [-0.05, 0) is 48.4 Å². The number of halogens is 1. The molecule has 4 aromatic rings. The lowest BCUT2D eigenvalue weighted by Gasteiger charge is -2.18. The van der Waals surface area contributed by atoms with Gasteiger partial charge in [0.05, 0.1) is 23.0 Å². The van der Waals surface area contributed by atoms with E-state index in [1.54, 1.807) is 24.5 Å². The van der Waals surface area contributed by atoms with Crippen LogP contribution in [0, 0.1) is 5.82 Å². The summed E-state index contributed by atoms with van der Waals surface area (Å²) < 4.78 is 20.1. The number of benzene rings is 2. The second-order valence-electron chi connectivity index (χ2n) is 6.09. The third-order valence-corrected chi connectivity index (χ3v) is 5.36. The van der Waals surface area contributed by atoms with Gasteiger partial charge in [0.25, 0.3) is 5.91 Å². The second kappa shape index (κ2) is 7.32. The van der Waals surface area contributed by atoms with E-state index in [0.29, 0.717) is 10.9 Å². The van der Waals surface area contributed by atoms with Gasteiger partial charge in [-0.1, -0.05) is 36.5 Å². The first kappa shape index (κ1) is 17.4. The average molecular weight is 380 g/mol. The van der Waals surface area contributed by atoms with Gasteiger partial charge >= 0.3 is 0 Å². The number of fused-ring (bicyclic) bond motifs is 1. The summed E-state index contributed by atoms with van der Waals surface area (Å²) in [5.74, 6) is -0.130. The molecule has 0 bridgehead atoms.